The number of H-pyrrole nitrogens is 1. The van der Waals surface area contributed by atoms with Gasteiger partial charge in [-0.2, -0.15) is 5.10 Å². The number of nitrogen functional groups attached to an aromatic ring is 1. The van der Waals surface area contributed by atoms with Crippen molar-refractivity contribution < 1.29 is 0 Å². The van der Waals surface area contributed by atoms with Crippen LogP contribution in [0.5, 0.6) is 0 Å². The number of hydrogen-bond acceptors (Lipinski definition) is 7. The second kappa shape index (κ2) is 7.21. The molecule has 9 heteroatoms. The van der Waals surface area contributed by atoms with Crippen molar-refractivity contribution in [2.75, 3.05) is 10.7 Å². The molecular weight excluding hydrogens is 410 g/mol. The summed E-state index contributed by atoms with van der Waals surface area (Å²) in [7, 11) is 0. The van der Waals surface area contributed by atoms with Gasteiger partial charge in [0.1, 0.15) is 16.5 Å². The predicted molar refractivity (Wildman–Crippen MR) is 123 cm³/mol. The van der Waals surface area contributed by atoms with E-state index < -0.39 is 0 Å². The second-order valence-electron chi connectivity index (χ2n) is 7.50. The van der Waals surface area contributed by atoms with E-state index >= 15 is 0 Å². The molecule has 31 heavy (non-hydrogen) atoms. The summed E-state index contributed by atoms with van der Waals surface area (Å²) in [5, 5.41) is 16.5. The van der Waals surface area contributed by atoms with Crippen molar-refractivity contribution in [1.29, 1.82) is 0 Å². The van der Waals surface area contributed by atoms with Gasteiger partial charge in [-0.15, -0.1) is 21.5 Å². The summed E-state index contributed by atoms with van der Waals surface area (Å²) in [6, 6.07) is 11.3. The Kier molecular flexibility index (Phi) is 4.48. The largest absolute Gasteiger partial charge is 0.399 e. The third kappa shape index (κ3) is 3.14. The molecule has 4 heterocycles. The maximum absolute atomic E-state index is 12.4. The molecule has 0 unspecified atom stereocenters. The van der Waals surface area contributed by atoms with E-state index in [4.69, 9.17) is 10.8 Å². The van der Waals surface area contributed by atoms with Crippen LogP contribution in [0.3, 0.4) is 0 Å². The Bertz CT molecular complexity index is 1380. The molecule has 3 N–H and O–H groups in total. The third-order valence-corrected chi connectivity index (χ3v) is 6.66. The van der Waals surface area contributed by atoms with Crippen molar-refractivity contribution in [1.82, 2.24) is 19.7 Å². The summed E-state index contributed by atoms with van der Waals surface area (Å²) in [6.45, 7) is 6.40. The Balaban J connectivity index is 1.78. The Hall–Kier alpha value is -3.72. The maximum Gasteiger partial charge on any atom is 0.253 e. The van der Waals surface area contributed by atoms with E-state index in [0.29, 0.717) is 17.2 Å². The van der Waals surface area contributed by atoms with Crippen LogP contribution in [-0.2, 0) is 6.54 Å². The predicted octanol–water partition coefficient (Wildman–Crippen LogP) is 3.30. The molecule has 0 amide bonds. The number of anilines is 2. The lowest BCUT2D eigenvalue weighted by Crippen LogP contribution is -2.25. The van der Waals surface area contributed by atoms with Crippen LogP contribution in [0, 0.1) is 20.8 Å². The molecule has 0 radical (unpaired) electrons. The summed E-state index contributed by atoms with van der Waals surface area (Å²) in [5.74, 6) is 1.34. The molecule has 3 aromatic heterocycles. The van der Waals surface area contributed by atoms with Gasteiger partial charge in [-0.1, -0.05) is 18.2 Å². The molecule has 1 aliphatic heterocycles. The average Bonchev–Trinajstić information content (AvgIpc) is 3.22. The normalized spacial score (nSPS) is 12.9. The number of hydrogen-bond donors (Lipinski definition) is 2. The number of benzene rings is 1. The highest BCUT2D eigenvalue weighted by Crippen LogP contribution is 2.38. The molecule has 5 rings (SSSR count). The molecule has 0 saturated carbocycles. The van der Waals surface area contributed by atoms with Crippen molar-refractivity contribution >= 4 is 28.7 Å². The van der Waals surface area contributed by atoms with Crippen LogP contribution >= 0.6 is 11.3 Å². The van der Waals surface area contributed by atoms with E-state index in [1.54, 1.807) is 34.7 Å². The Morgan fingerprint density at radius 3 is 2.61 bits per heavy atom. The van der Waals surface area contributed by atoms with Gasteiger partial charge in [0.05, 0.1) is 6.54 Å². The average molecular weight is 432 g/mol. The number of nitrogens with zero attached hydrogens (tertiary/aromatic N) is 5. The van der Waals surface area contributed by atoms with E-state index in [-0.39, 0.29) is 12.1 Å². The zero-order valence-corrected chi connectivity index (χ0v) is 18.2. The molecule has 156 valence electrons. The number of aromatic nitrogens is 4. The van der Waals surface area contributed by atoms with Crippen LogP contribution in [0.1, 0.15) is 33.0 Å². The highest BCUT2D eigenvalue weighted by molar-refractivity contribution is 7.15. The van der Waals surface area contributed by atoms with Gasteiger partial charge in [0.25, 0.3) is 11.5 Å². The molecule has 8 nitrogen and oxygen atoms in total. The van der Waals surface area contributed by atoms with Crippen molar-refractivity contribution in [3.63, 3.8) is 0 Å². The van der Waals surface area contributed by atoms with E-state index in [1.807, 2.05) is 35.8 Å². The summed E-state index contributed by atoms with van der Waals surface area (Å²) in [5.41, 5.74) is 11.0. The van der Waals surface area contributed by atoms with Crippen LogP contribution in [0.25, 0.3) is 5.00 Å². The summed E-state index contributed by atoms with van der Waals surface area (Å²) in [6.07, 6.45) is 1.62. The topological polar surface area (TPSA) is 105 Å². The number of pyridine rings is 1. The van der Waals surface area contributed by atoms with Gasteiger partial charge in [-0.05, 0) is 44.5 Å². The Morgan fingerprint density at radius 2 is 1.87 bits per heavy atom. The highest BCUT2D eigenvalue weighted by atomic mass is 32.1. The fourth-order valence-corrected chi connectivity index (χ4v) is 4.91. The van der Waals surface area contributed by atoms with Gasteiger partial charge >= 0.3 is 0 Å². The minimum absolute atomic E-state index is 0.152. The van der Waals surface area contributed by atoms with Crippen molar-refractivity contribution in [3.8, 4) is 5.00 Å². The third-order valence-electron chi connectivity index (χ3n) is 5.47. The zero-order chi connectivity index (χ0) is 21.7. The zero-order valence-electron chi connectivity index (χ0n) is 17.4. The van der Waals surface area contributed by atoms with Crippen LogP contribution < -0.4 is 16.3 Å². The van der Waals surface area contributed by atoms with Gasteiger partial charge in [0, 0.05) is 33.5 Å². The minimum Gasteiger partial charge on any atom is -0.399 e. The lowest BCUT2D eigenvalue weighted by Gasteiger charge is -2.17. The lowest BCUT2D eigenvalue weighted by molar-refractivity contribution is 0.790. The summed E-state index contributed by atoms with van der Waals surface area (Å²) in [4.78, 5) is 16.3. The highest BCUT2D eigenvalue weighted by Gasteiger charge is 2.30. The lowest BCUT2D eigenvalue weighted by atomic mass is 10.00. The molecular formula is C22H21N7OS. The molecule has 4 aromatic rings. The first-order valence-electron chi connectivity index (χ1n) is 9.85. The van der Waals surface area contributed by atoms with E-state index in [0.717, 1.165) is 33.2 Å². The van der Waals surface area contributed by atoms with Crippen LogP contribution in [0.4, 0.5) is 11.6 Å². The molecule has 0 saturated heterocycles. The number of aryl methyl sites for hydroxylation is 2. The van der Waals surface area contributed by atoms with E-state index in [1.165, 1.54) is 4.88 Å². The summed E-state index contributed by atoms with van der Waals surface area (Å²) >= 11 is 1.69. The van der Waals surface area contributed by atoms with Crippen molar-refractivity contribution in [2.24, 2.45) is 5.10 Å². The number of rotatable bonds is 3. The number of nitrogens with two attached hydrogens (primary N) is 1. The fraction of sp³-hybridized carbons (Fsp3) is 0.182. The van der Waals surface area contributed by atoms with Crippen molar-refractivity contribution in [2.45, 2.75) is 27.3 Å². The van der Waals surface area contributed by atoms with Gasteiger partial charge in [0.2, 0.25) is 0 Å². The SMILES string of the molecule is Cc1sc2c(c1C)C(c1ccc(N)cc1)=NN(Cc1ccc[nH]c1=O)c1nnc(C)n1-2. The number of fused-ring (bicyclic) bond motifs is 3. The second-order valence-corrected chi connectivity index (χ2v) is 8.70. The van der Waals surface area contributed by atoms with Crippen LogP contribution in [0.2, 0.25) is 0 Å². The standard InChI is InChI=1S/C22H21N7OS/c1-12-13(2)31-21-18(12)19(15-6-8-17(23)9-7-15)27-28(22-26-25-14(3)29(21)22)11-16-5-4-10-24-20(16)30/h4-10H,11,23H2,1-3H3,(H,24,30). The molecule has 0 atom stereocenters. The first-order chi connectivity index (χ1) is 14.9. The number of nitrogens with one attached hydrogen (secondary N) is 1. The van der Waals surface area contributed by atoms with Crippen molar-refractivity contribution in [3.05, 3.63) is 85.9 Å². The monoisotopic (exact) mass is 431 g/mol. The quantitative estimate of drug-likeness (QED) is 0.484. The maximum atomic E-state index is 12.4. The smallest absolute Gasteiger partial charge is 0.253 e. The van der Waals surface area contributed by atoms with Gasteiger partial charge in [0.15, 0.2) is 0 Å². The fourth-order valence-electron chi connectivity index (χ4n) is 3.71. The molecule has 0 bridgehead atoms. The number of thiophene rings is 1. The first-order valence-corrected chi connectivity index (χ1v) is 10.7. The van der Waals surface area contributed by atoms with Crippen LogP contribution in [0.15, 0.2) is 52.5 Å². The minimum atomic E-state index is -0.152. The van der Waals surface area contributed by atoms with E-state index in [2.05, 4.69) is 29.0 Å². The molecule has 0 spiro atoms. The Morgan fingerprint density at radius 1 is 1.10 bits per heavy atom. The van der Waals surface area contributed by atoms with Gasteiger partial charge in [-0.25, -0.2) is 5.01 Å². The molecule has 0 fully saturated rings. The Labute approximate surface area is 182 Å². The molecule has 0 aliphatic carbocycles. The number of aromatic amines is 1. The van der Waals surface area contributed by atoms with E-state index in [9.17, 15) is 4.79 Å². The van der Waals surface area contributed by atoms with Gasteiger partial charge < -0.3 is 10.7 Å². The van der Waals surface area contributed by atoms with Gasteiger partial charge in [-0.3, -0.25) is 9.36 Å². The number of hydrazone groups is 1. The first kappa shape index (κ1) is 19.3. The molecule has 1 aliphatic rings. The van der Waals surface area contributed by atoms with Crippen LogP contribution in [-0.4, -0.2) is 25.5 Å². The molecule has 1 aromatic carbocycles. The summed E-state index contributed by atoms with van der Waals surface area (Å²) < 4.78 is 2.02.